The summed E-state index contributed by atoms with van der Waals surface area (Å²) in [6, 6.07) is 0.307. The number of carbonyl (C=O) groups is 2. The first-order valence-corrected chi connectivity index (χ1v) is 6.67. The van der Waals surface area contributed by atoms with Gasteiger partial charge in [0, 0.05) is 18.6 Å². The average molecular weight is 253 g/mol. The van der Waals surface area contributed by atoms with Gasteiger partial charge in [0.15, 0.2) is 0 Å². The summed E-state index contributed by atoms with van der Waals surface area (Å²) in [5, 5.41) is 14.6. The molecule has 0 aromatic carbocycles. The number of amides is 2. The summed E-state index contributed by atoms with van der Waals surface area (Å²) in [6.45, 7) is 2.17. The Hall–Kier alpha value is -1.30. The second-order valence-electron chi connectivity index (χ2n) is 5.63. The van der Waals surface area contributed by atoms with E-state index < -0.39 is 11.5 Å². The number of urea groups is 1. The van der Waals surface area contributed by atoms with Gasteiger partial charge in [-0.15, -0.1) is 0 Å². The molecule has 6 nitrogen and oxygen atoms in total. The molecule has 0 aromatic heterocycles. The Bertz CT molecular complexity index is 381. The number of fused-ring (bicyclic) bond motifs is 1. The molecule has 0 spiro atoms. The lowest BCUT2D eigenvalue weighted by atomic mass is 10.1. The van der Waals surface area contributed by atoms with Crippen LogP contribution in [0.15, 0.2) is 0 Å². The van der Waals surface area contributed by atoms with Gasteiger partial charge in [-0.3, -0.25) is 4.90 Å². The van der Waals surface area contributed by atoms with E-state index in [1.807, 2.05) is 0 Å². The van der Waals surface area contributed by atoms with Crippen LogP contribution in [0.2, 0.25) is 0 Å². The predicted octanol–water partition coefficient (Wildman–Crippen LogP) is 0.139. The molecule has 3 aliphatic rings. The van der Waals surface area contributed by atoms with E-state index in [1.54, 1.807) is 0 Å². The number of rotatable bonds is 3. The Labute approximate surface area is 106 Å². The minimum absolute atomic E-state index is 0.178. The Kier molecular flexibility index (Phi) is 2.69. The van der Waals surface area contributed by atoms with Crippen molar-refractivity contribution in [2.45, 2.75) is 49.7 Å². The third-order valence-corrected chi connectivity index (χ3v) is 4.43. The smallest absolute Gasteiger partial charge is 0.329 e. The van der Waals surface area contributed by atoms with E-state index >= 15 is 0 Å². The van der Waals surface area contributed by atoms with Crippen molar-refractivity contribution in [3.05, 3.63) is 0 Å². The van der Waals surface area contributed by atoms with E-state index in [0.717, 1.165) is 25.9 Å². The molecule has 2 aliphatic heterocycles. The van der Waals surface area contributed by atoms with Crippen molar-refractivity contribution in [2.75, 3.05) is 13.1 Å². The van der Waals surface area contributed by atoms with Crippen LogP contribution in [0.4, 0.5) is 4.79 Å². The molecule has 3 fully saturated rings. The molecule has 1 saturated carbocycles. The number of nitrogens with zero attached hydrogens (tertiary/aromatic N) is 1. The molecule has 1 aliphatic carbocycles. The molecule has 0 radical (unpaired) electrons. The molecule has 2 amide bonds. The van der Waals surface area contributed by atoms with Crippen LogP contribution < -0.4 is 10.6 Å². The highest BCUT2D eigenvalue weighted by molar-refractivity contribution is 5.89. The maximum absolute atomic E-state index is 11.8. The molecule has 0 aromatic rings. The highest BCUT2D eigenvalue weighted by Gasteiger charge is 2.52. The van der Waals surface area contributed by atoms with E-state index in [-0.39, 0.29) is 12.1 Å². The third-order valence-electron chi connectivity index (χ3n) is 4.43. The zero-order valence-corrected chi connectivity index (χ0v) is 10.3. The molecule has 3 N–H and O–H groups in total. The van der Waals surface area contributed by atoms with Gasteiger partial charge in [0.2, 0.25) is 0 Å². The lowest BCUT2D eigenvalue weighted by Crippen LogP contribution is -2.52. The molecular formula is C12H19N3O3. The average Bonchev–Trinajstić information content (AvgIpc) is 2.81. The summed E-state index contributed by atoms with van der Waals surface area (Å²) in [6.07, 6.45) is 4.38. The summed E-state index contributed by atoms with van der Waals surface area (Å²) in [5.74, 6) is -0.924. The standard InChI is InChI=1S/C12H19N3O3/c16-10(17)12(4-5-12)14-11(18)13-8-3-7-15-6-1-2-9(8)15/h8-9H,1-7H2,(H,16,17)(H2,13,14,18). The summed E-state index contributed by atoms with van der Waals surface area (Å²) in [4.78, 5) is 25.2. The monoisotopic (exact) mass is 253 g/mol. The van der Waals surface area contributed by atoms with Crippen molar-refractivity contribution in [3.63, 3.8) is 0 Å². The Morgan fingerprint density at radius 1 is 1.22 bits per heavy atom. The van der Waals surface area contributed by atoms with Crippen LogP contribution >= 0.6 is 0 Å². The topological polar surface area (TPSA) is 81.7 Å². The van der Waals surface area contributed by atoms with Crippen LogP contribution in [-0.2, 0) is 4.79 Å². The van der Waals surface area contributed by atoms with Crippen molar-refractivity contribution in [1.29, 1.82) is 0 Å². The van der Waals surface area contributed by atoms with E-state index in [1.165, 1.54) is 6.42 Å². The summed E-state index contributed by atoms with van der Waals surface area (Å²) < 4.78 is 0. The van der Waals surface area contributed by atoms with Crippen molar-refractivity contribution >= 4 is 12.0 Å². The van der Waals surface area contributed by atoms with Gasteiger partial charge in [0.05, 0.1) is 0 Å². The second kappa shape index (κ2) is 4.12. The van der Waals surface area contributed by atoms with E-state index in [0.29, 0.717) is 18.9 Å². The van der Waals surface area contributed by atoms with Crippen LogP contribution in [-0.4, -0.2) is 52.7 Å². The molecule has 2 atom stereocenters. The number of carbonyl (C=O) groups excluding carboxylic acids is 1. The van der Waals surface area contributed by atoms with Gasteiger partial charge in [0.1, 0.15) is 5.54 Å². The maximum atomic E-state index is 11.8. The largest absolute Gasteiger partial charge is 0.480 e. The lowest BCUT2D eigenvalue weighted by Gasteiger charge is -2.22. The van der Waals surface area contributed by atoms with Crippen molar-refractivity contribution in [3.8, 4) is 0 Å². The molecule has 18 heavy (non-hydrogen) atoms. The molecule has 3 rings (SSSR count). The lowest BCUT2D eigenvalue weighted by molar-refractivity contribution is -0.140. The molecule has 2 saturated heterocycles. The molecule has 100 valence electrons. The van der Waals surface area contributed by atoms with Gasteiger partial charge in [0.25, 0.3) is 0 Å². The second-order valence-corrected chi connectivity index (χ2v) is 5.63. The molecular weight excluding hydrogens is 234 g/mol. The SMILES string of the molecule is O=C(NC1CCN2CCCC12)NC1(C(=O)O)CC1. The zero-order chi connectivity index (χ0) is 12.8. The number of nitrogens with one attached hydrogen (secondary N) is 2. The van der Waals surface area contributed by atoms with E-state index in [9.17, 15) is 9.59 Å². The minimum Gasteiger partial charge on any atom is -0.480 e. The normalized spacial score (nSPS) is 32.9. The summed E-state index contributed by atoms with van der Waals surface area (Å²) in [5.41, 5.74) is -0.988. The van der Waals surface area contributed by atoms with Crippen LogP contribution in [0.1, 0.15) is 32.1 Å². The molecule has 6 heteroatoms. The minimum atomic E-state index is -0.988. The fourth-order valence-corrected chi connectivity index (χ4v) is 3.19. The van der Waals surface area contributed by atoms with Crippen molar-refractivity contribution in [2.24, 2.45) is 0 Å². The van der Waals surface area contributed by atoms with E-state index in [2.05, 4.69) is 15.5 Å². The van der Waals surface area contributed by atoms with Gasteiger partial charge in [-0.1, -0.05) is 0 Å². The van der Waals surface area contributed by atoms with Crippen molar-refractivity contribution in [1.82, 2.24) is 15.5 Å². The highest BCUT2D eigenvalue weighted by atomic mass is 16.4. The molecule has 0 bridgehead atoms. The summed E-state index contributed by atoms with van der Waals surface area (Å²) >= 11 is 0. The predicted molar refractivity (Wildman–Crippen MR) is 64.3 cm³/mol. The first-order valence-electron chi connectivity index (χ1n) is 6.67. The number of carboxylic acid groups (broad SMARTS) is 1. The highest BCUT2D eigenvalue weighted by Crippen LogP contribution is 2.35. The number of hydrogen-bond donors (Lipinski definition) is 3. The van der Waals surface area contributed by atoms with Gasteiger partial charge >= 0.3 is 12.0 Å². The Morgan fingerprint density at radius 3 is 2.67 bits per heavy atom. The molecule has 2 heterocycles. The zero-order valence-electron chi connectivity index (χ0n) is 10.3. The van der Waals surface area contributed by atoms with Gasteiger partial charge in [-0.05, 0) is 38.6 Å². The molecule has 2 unspecified atom stereocenters. The quantitative estimate of drug-likeness (QED) is 0.668. The van der Waals surface area contributed by atoms with Crippen LogP contribution in [0.25, 0.3) is 0 Å². The van der Waals surface area contributed by atoms with Crippen LogP contribution in [0, 0.1) is 0 Å². The number of hydrogen-bond acceptors (Lipinski definition) is 3. The third kappa shape index (κ3) is 1.94. The fraction of sp³-hybridized carbons (Fsp3) is 0.833. The maximum Gasteiger partial charge on any atom is 0.329 e. The van der Waals surface area contributed by atoms with E-state index in [4.69, 9.17) is 5.11 Å². The Balaban J connectivity index is 1.54. The number of aliphatic carboxylic acids is 1. The first kappa shape index (κ1) is 11.8. The van der Waals surface area contributed by atoms with Crippen LogP contribution in [0.3, 0.4) is 0 Å². The fourth-order valence-electron chi connectivity index (χ4n) is 3.19. The van der Waals surface area contributed by atoms with Crippen molar-refractivity contribution < 1.29 is 14.7 Å². The first-order chi connectivity index (χ1) is 8.61. The van der Waals surface area contributed by atoms with Gasteiger partial charge < -0.3 is 15.7 Å². The van der Waals surface area contributed by atoms with Gasteiger partial charge in [-0.25, -0.2) is 9.59 Å². The number of carboxylic acids is 1. The van der Waals surface area contributed by atoms with Gasteiger partial charge in [-0.2, -0.15) is 0 Å². The Morgan fingerprint density at radius 2 is 2.00 bits per heavy atom. The van der Waals surface area contributed by atoms with Crippen LogP contribution in [0.5, 0.6) is 0 Å². The summed E-state index contributed by atoms with van der Waals surface area (Å²) in [7, 11) is 0.